The van der Waals surface area contributed by atoms with Crippen molar-refractivity contribution in [3.8, 4) is 0 Å². The fraction of sp³-hybridized carbons (Fsp3) is 0.881. The van der Waals surface area contributed by atoms with E-state index in [2.05, 4.69) is 38.3 Å². The first-order chi connectivity index (χ1) is 34.6. The van der Waals surface area contributed by atoms with Gasteiger partial charge in [0.2, 0.25) is 11.8 Å². The van der Waals surface area contributed by atoms with Crippen molar-refractivity contribution in [1.82, 2.24) is 10.6 Å². The molecule has 0 aliphatic heterocycles. The van der Waals surface area contributed by atoms with Gasteiger partial charge in [-0.15, -0.1) is 0 Å². The SMILES string of the molecule is CCCCCCCCCCCCCC(=O)N/C(=C\OC(=O)CC(CCCCCCCCCCC)OC(=O)CCCCCCCCC)C(O)OCC(CC(=O)O)NC(=O)CCCCCCCCCCCCC. The monoisotopic (exact) mass is 1010 g/mol. The van der Waals surface area contributed by atoms with Crippen molar-refractivity contribution in [2.45, 2.75) is 329 Å². The Hall–Kier alpha value is -2.99. The van der Waals surface area contributed by atoms with Crippen molar-refractivity contribution < 1.29 is 48.4 Å². The van der Waals surface area contributed by atoms with Crippen LogP contribution in [0.3, 0.4) is 0 Å². The summed E-state index contributed by atoms with van der Waals surface area (Å²) in [5.41, 5.74) is -0.223. The molecule has 0 aliphatic carbocycles. The van der Waals surface area contributed by atoms with E-state index in [1.165, 1.54) is 141 Å². The number of nitrogens with one attached hydrogen (secondary N) is 2. The Balaban J connectivity index is 5.63. The molecular weight excluding hydrogens is 897 g/mol. The molecule has 0 aromatic rings. The molecule has 0 aromatic carbocycles. The molecule has 12 heteroatoms. The standard InChI is InChI=1S/C59H110N2O10/c1-5-9-13-17-21-24-26-29-33-36-40-44-54(62)60-51(47-56(64)65)49-70-59(68)53(61-55(63)45-41-37-34-30-27-25-22-18-14-10-6-2)50-69-58(67)48-52(43-39-35-32-28-23-19-15-11-7-3)71-57(66)46-42-38-31-20-16-12-8-4/h50-52,59,68H,5-49H2,1-4H3,(H,60,62)(H,61,63)(H,64,65)/b53-50-. The third kappa shape index (κ3) is 47.8. The summed E-state index contributed by atoms with van der Waals surface area (Å²) >= 11 is 0. The molecule has 3 atom stereocenters. The highest BCUT2D eigenvalue weighted by molar-refractivity contribution is 5.78. The van der Waals surface area contributed by atoms with Gasteiger partial charge in [-0.2, -0.15) is 0 Å². The molecule has 0 saturated heterocycles. The normalized spacial score (nSPS) is 12.9. The highest BCUT2D eigenvalue weighted by Crippen LogP contribution is 2.19. The molecule has 0 aromatic heterocycles. The number of hydrogen-bond acceptors (Lipinski definition) is 9. The van der Waals surface area contributed by atoms with Gasteiger partial charge in [-0.25, -0.2) is 0 Å². The smallest absolute Gasteiger partial charge is 0.314 e. The minimum absolute atomic E-state index is 0.182. The van der Waals surface area contributed by atoms with Gasteiger partial charge in [-0.05, 0) is 32.1 Å². The first kappa shape index (κ1) is 68.0. The second-order valence-corrected chi connectivity index (χ2v) is 20.5. The van der Waals surface area contributed by atoms with Gasteiger partial charge in [0.1, 0.15) is 18.1 Å². The van der Waals surface area contributed by atoms with Crippen LogP contribution in [0, 0.1) is 0 Å². The van der Waals surface area contributed by atoms with Gasteiger partial charge < -0.3 is 35.1 Å². The van der Waals surface area contributed by atoms with E-state index in [9.17, 15) is 34.2 Å². The number of carboxylic acid groups (broad SMARTS) is 1. The van der Waals surface area contributed by atoms with E-state index in [4.69, 9.17) is 14.2 Å². The lowest BCUT2D eigenvalue weighted by molar-refractivity contribution is -0.154. The number of hydrogen-bond donors (Lipinski definition) is 4. The number of amides is 2. The summed E-state index contributed by atoms with van der Waals surface area (Å²) in [5, 5.41) is 26.3. The Morgan fingerprint density at radius 2 is 0.817 bits per heavy atom. The molecule has 4 N–H and O–H groups in total. The Kier molecular flexibility index (Phi) is 49.7. The van der Waals surface area contributed by atoms with Gasteiger partial charge in [0.25, 0.3) is 0 Å². The highest BCUT2D eigenvalue weighted by Gasteiger charge is 2.23. The van der Waals surface area contributed by atoms with Gasteiger partial charge in [0, 0.05) is 19.3 Å². The van der Waals surface area contributed by atoms with Crippen molar-refractivity contribution in [3.63, 3.8) is 0 Å². The summed E-state index contributed by atoms with van der Waals surface area (Å²) in [7, 11) is 0. The van der Waals surface area contributed by atoms with Crippen LogP contribution in [-0.2, 0) is 38.2 Å². The minimum Gasteiger partial charge on any atom is -0.481 e. The molecule has 71 heavy (non-hydrogen) atoms. The molecule has 0 rings (SSSR count). The average Bonchev–Trinajstić information content (AvgIpc) is 3.34. The number of unbranched alkanes of at least 4 members (excludes halogenated alkanes) is 34. The number of carbonyl (C=O) groups is 5. The molecule has 0 radical (unpaired) electrons. The molecule has 416 valence electrons. The van der Waals surface area contributed by atoms with Crippen LogP contribution in [0.5, 0.6) is 0 Å². The minimum atomic E-state index is -1.80. The molecule has 0 bridgehead atoms. The predicted octanol–water partition coefficient (Wildman–Crippen LogP) is 15.5. The number of esters is 2. The highest BCUT2D eigenvalue weighted by atomic mass is 16.6. The average molecular weight is 1010 g/mol. The topological polar surface area (TPSA) is 178 Å². The van der Waals surface area contributed by atoms with Crippen LogP contribution < -0.4 is 10.6 Å². The molecule has 0 fully saturated rings. The Bertz CT molecular complexity index is 1310. The molecule has 0 spiro atoms. The molecule has 0 aliphatic rings. The lowest BCUT2D eigenvalue weighted by Gasteiger charge is -2.21. The van der Waals surface area contributed by atoms with Crippen LogP contribution in [0.25, 0.3) is 0 Å². The van der Waals surface area contributed by atoms with Crippen molar-refractivity contribution in [1.29, 1.82) is 0 Å². The maximum atomic E-state index is 13.4. The fourth-order valence-electron chi connectivity index (χ4n) is 8.95. The Labute approximate surface area is 434 Å². The van der Waals surface area contributed by atoms with E-state index in [1.54, 1.807) is 0 Å². The van der Waals surface area contributed by atoms with Gasteiger partial charge in [-0.1, -0.05) is 246 Å². The van der Waals surface area contributed by atoms with Crippen molar-refractivity contribution in [3.05, 3.63) is 12.0 Å². The van der Waals surface area contributed by atoms with Crippen molar-refractivity contribution in [2.75, 3.05) is 6.61 Å². The molecule has 0 saturated carbocycles. The van der Waals surface area contributed by atoms with Crippen LogP contribution in [0.4, 0.5) is 0 Å². The Morgan fingerprint density at radius 3 is 1.23 bits per heavy atom. The predicted molar refractivity (Wildman–Crippen MR) is 290 cm³/mol. The molecule has 3 unspecified atom stereocenters. The maximum Gasteiger partial charge on any atom is 0.314 e. The summed E-state index contributed by atoms with van der Waals surface area (Å²) < 4.78 is 17.1. The first-order valence-corrected chi connectivity index (χ1v) is 29.8. The zero-order chi connectivity index (χ0) is 52.3. The largest absolute Gasteiger partial charge is 0.481 e. The third-order valence-electron chi connectivity index (χ3n) is 13.4. The number of aliphatic carboxylic acids is 1. The number of aliphatic hydroxyl groups excluding tert-OH is 1. The second kappa shape index (κ2) is 51.9. The summed E-state index contributed by atoms with van der Waals surface area (Å²) in [6.07, 6.45) is 41.9. The summed E-state index contributed by atoms with van der Waals surface area (Å²) in [5.74, 6) is -2.86. The van der Waals surface area contributed by atoms with Gasteiger partial charge in [-0.3, -0.25) is 24.0 Å². The zero-order valence-corrected chi connectivity index (χ0v) is 46.3. The second-order valence-electron chi connectivity index (χ2n) is 20.5. The quantitative estimate of drug-likeness (QED) is 0.0198. The van der Waals surface area contributed by atoms with E-state index in [0.29, 0.717) is 25.7 Å². The van der Waals surface area contributed by atoms with Gasteiger partial charge in [0.05, 0.1) is 25.5 Å². The Morgan fingerprint density at radius 1 is 0.451 bits per heavy atom. The van der Waals surface area contributed by atoms with Crippen LogP contribution in [0.2, 0.25) is 0 Å². The third-order valence-corrected chi connectivity index (χ3v) is 13.4. The molecule has 0 heterocycles. The maximum absolute atomic E-state index is 13.4. The summed E-state index contributed by atoms with van der Waals surface area (Å²) in [6.45, 7) is 8.48. The lowest BCUT2D eigenvalue weighted by Crippen LogP contribution is -2.41. The first-order valence-electron chi connectivity index (χ1n) is 29.8. The number of carbonyl (C=O) groups excluding carboxylic acids is 4. The van der Waals surface area contributed by atoms with Gasteiger partial charge >= 0.3 is 17.9 Å². The van der Waals surface area contributed by atoms with Crippen LogP contribution in [0.1, 0.15) is 310 Å². The molecular formula is C59H110N2O10. The van der Waals surface area contributed by atoms with Gasteiger partial charge in [0.15, 0.2) is 6.29 Å². The number of aliphatic hydroxyl groups is 1. The van der Waals surface area contributed by atoms with Crippen LogP contribution in [0.15, 0.2) is 12.0 Å². The van der Waals surface area contributed by atoms with E-state index < -0.39 is 42.7 Å². The van der Waals surface area contributed by atoms with E-state index in [-0.39, 0.29) is 43.4 Å². The summed E-state index contributed by atoms with van der Waals surface area (Å²) in [4.78, 5) is 64.3. The number of ether oxygens (including phenoxy) is 3. The molecule has 2 amide bonds. The van der Waals surface area contributed by atoms with E-state index in [1.807, 2.05) is 0 Å². The van der Waals surface area contributed by atoms with E-state index in [0.717, 1.165) is 96.2 Å². The number of rotatable bonds is 54. The van der Waals surface area contributed by atoms with Crippen molar-refractivity contribution >= 4 is 29.7 Å². The molecule has 12 nitrogen and oxygen atoms in total. The zero-order valence-electron chi connectivity index (χ0n) is 46.3. The lowest BCUT2D eigenvalue weighted by atomic mass is 10.0. The van der Waals surface area contributed by atoms with E-state index >= 15 is 0 Å². The summed E-state index contributed by atoms with van der Waals surface area (Å²) in [6, 6.07) is -0.948. The van der Waals surface area contributed by atoms with Crippen LogP contribution in [-0.4, -0.2) is 65.0 Å². The fourth-order valence-corrected chi connectivity index (χ4v) is 8.95. The number of carboxylic acids is 1. The van der Waals surface area contributed by atoms with Crippen LogP contribution >= 0.6 is 0 Å². The van der Waals surface area contributed by atoms with Crippen molar-refractivity contribution in [2.24, 2.45) is 0 Å².